The van der Waals surface area contributed by atoms with Gasteiger partial charge < -0.3 is 10.2 Å². The van der Waals surface area contributed by atoms with Gasteiger partial charge in [-0.1, -0.05) is 37.1 Å². The van der Waals surface area contributed by atoms with Gasteiger partial charge >= 0.3 is 0 Å². The molecule has 1 aromatic carbocycles. The third-order valence-corrected chi connectivity index (χ3v) is 6.27. The molecule has 0 amide bonds. The van der Waals surface area contributed by atoms with Crippen molar-refractivity contribution in [1.82, 2.24) is 19.9 Å². The Morgan fingerprint density at radius 3 is 2.79 bits per heavy atom. The van der Waals surface area contributed by atoms with Gasteiger partial charge in [-0.25, -0.2) is 0 Å². The number of hydrogen-bond acceptors (Lipinski definition) is 3. The van der Waals surface area contributed by atoms with Crippen molar-refractivity contribution in [3.8, 4) is 0 Å². The minimum absolute atomic E-state index is 0.303. The lowest BCUT2D eigenvalue weighted by atomic mass is 9.81. The molecule has 2 aromatic heterocycles. The lowest BCUT2D eigenvalue weighted by Gasteiger charge is -2.26. The van der Waals surface area contributed by atoms with E-state index in [4.69, 9.17) is 0 Å². The SMILES string of the molecule is CN=C(NCCc1nnc2ccccn12)N1CC2(CCCC2)c2ccccc21. The first-order valence-electron chi connectivity index (χ1n) is 10.2. The number of aromatic nitrogens is 3. The average Bonchev–Trinajstić information content (AvgIpc) is 3.45. The molecule has 0 radical (unpaired) electrons. The Hall–Kier alpha value is -2.89. The Morgan fingerprint density at radius 1 is 1.11 bits per heavy atom. The molecule has 1 spiro atoms. The zero-order valence-corrected chi connectivity index (χ0v) is 16.3. The maximum Gasteiger partial charge on any atom is 0.198 e. The van der Waals surface area contributed by atoms with E-state index in [1.807, 2.05) is 35.8 Å². The van der Waals surface area contributed by atoms with Gasteiger partial charge in [-0.3, -0.25) is 9.39 Å². The zero-order valence-electron chi connectivity index (χ0n) is 16.3. The fraction of sp³-hybridized carbons (Fsp3) is 0.409. The van der Waals surface area contributed by atoms with E-state index in [-0.39, 0.29) is 0 Å². The molecule has 0 saturated heterocycles. The summed E-state index contributed by atoms with van der Waals surface area (Å²) in [6.07, 6.45) is 8.03. The Bertz CT molecular complexity index is 1010. The van der Waals surface area contributed by atoms with Crippen molar-refractivity contribution in [3.05, 3.63) is 60.0 Å². The molecular weight excluding hydrogens is 348 g/mol. The number of para-hydroxylation sites is 1. The Kier molecular flexibility index (Phi) is 4.26. The first-order chi connectivity index (χ1) is 13.8. The van der Waals surface area contributed by atoms with E-state index in [0.717, 1.165) is 36.9 Å². The standard InChI is InChI=1S/C22H26N6/c1-23-21(24-14-11-20-26-25-19-10-4-7-15-27(19)20)28-16-22(12-5-6-13-22)17-8-2-3-9-18(17)28/h2-4,7-10,15H,5-6,11-14,16H2,1H3,(H,23,24). The lowest BCUT2D eigenvalue weighted by molar-refractivity contribution is 0.478. The van der Waals surface area contributed by atoms with E-state index >= 15 is 0 Å². The van der Waals surface area contributed by atoms with Gasteiger partial charge in [0, 0.05) is 43.9 Å². The predicted octanol–water partition coefficient (Wildman–Crippen LogP) is 3.18. The fourth-order valence-corrected chi connectivity index (χ4v) is 4.94. The van der Waals surface area contributed by atoms with Crippen molar-refractivity contribution >= 4 is 17.3 Å². The number of guanidine groups is 1. The smallest absolute Gasteiger partial charge is 0.198 e. The molecule has 1 aliphatic carbocycles. The van der Waals surface area contributed by atoms with Gasteiger partial charge in [0.05, 0.1) is 0 Å². The van der Waals surface area contributed by atoms with Crippen LogP contribution in [0.15, 0.2) is 53.7 Å². The van der Waals surface area contributed by atoms with Gasteiger partial charge in [-0.2, -0.15) is 0 Å². The average molecular weight is 374 g/mol. The number of pyridine rings is 1. The van der Waals surface area contributed by atoms with Crippen LogP contribution < -0.4 is 10.2 Å². The third-order valence-electron chi connectivity index (χ3n) is 6.27. The van der Waals surface area contributed by atoms with E-state index in [0.29, 0.717) is 5.41 Å². The second-order valence-electron chi connectivity index (χ2n) is 7.86. The molecule has 1 fully saturated rings. The predicted molar refractivity (Wildman–Crippen MR) is 112 cm³/mol. The topological polar surface area (TPSA) is 57.8 Å². The summed E-state index contributed by atoms with van der Waals surface area (Å²) in [6.45, 7) is 1.80. The highest BCUT2D eigenvalue weighted by Crippen LogP contribution is 2.50. The van der Waals surface area contributed by atoms with E-state index in [1.165, 1.54) is 36.9 Å². The second-order valence-corrected chi connectivity index (χ2v) is 7.86. The van der Waals surface area contributed by atoms with Crippen LogP contribution in [0.2, 0.25) is 0 Å². The van der Waals surface area contributed by atoms with E-state index in [1.54, 1.807) is 0 Å². The number of benzene rings is 1. The quantitative estimate of drug-likeness (QED) is 0.565. The Morgan fingerprint density at radius 2 is 1.93 bits per heavy atom. The van der Waals surface area contributed by atoms with Crippen LogP contribution in [0.1, 0.15) is 37.1 Å². The minimum atomic E-state index is 0.303. The molecule has 6 heteroatoms. The van der Waals surface area contributed by atoms with Crippen LogP contribution >= 0.6 is 0 Å². The fourth-order valence-electron chi connectivity index (χ4n) is 4.94. The van der Waals surface area contributed by atoms with Crippen LogP contribution in [0.4, 0.5) is 5.69 Å². The molecule has 28 heavy (non-hydrogen) atoms. The summed E-state index contributed by atoms with van der Waals surface area (Å²) in [7, 11) is 1.87. The summed E-state index contributed by atoms with van der Waals surface area (Å²) in [4.78, 5) is 6.97. The van der Waals surface area contributed by atoms with Crippen LogP contribution in [0, 0.1) is 0 Å². The maximum atomic E-state index is 4.59. The number of anilines is 1. The molecule has 2 aliphatic rings. The third kappa shape index (κ3) is 2.75. The molecule has 144 valence electrons. The highest BCUT2D eigenvalue weighted by atomic mass is 15.3. The molecule has 3 aromatic rings. The first-order valence-corrected chi connectivity index (χ1v) is 10.2. The van der Waals surface area contributed by atoms with Crippen molar-refractivity contribution in [3.63, 3.8) is 0 Å². The number of fused-ring (bicyclic) bond motifs is 3. The van der Waals surface area contributed by atoms with Gasteiger partial charge in [0.1, 0.15) is 5.82 Å². The van der Waals surface area contributed by atoms with Crippen molar-refractivity contribution in [2.24, 2.45) is 4.99 Å². The number of aliphatic imine (C=N–C) groups is 1. The van der Waals surface area contributed by atoms with E-state index in [9.17, 15) is 0 Å². The van der Waals surface area contributed by atoms with Crippen LogP contribution in [-0.4, -0.2) is 40.7 Å². The van der Waals surface area contributed by atoms with Crippen molar-refractivity contribution in [1.29, 1.82) is 0 Å². The molecule has 6 nitrogen and oxygen atoms in total. The van der Waals surface area contributed by atoms with Crippen LogP contribution in [0.5, 0.6) is 0 Å². The van der Waals surface area contributed by atoms with Crippen molar-refractivity contribution in [2.75, 3.05) is 25.0 Å². The molecule has 5 rings (SSSR count). The van der Waals surface area contributed by atoms with Crippen molar-refractivity contribution in [2.45, 2.75) is 37.5 Å². The molecule has 0 atom stereocenters. The van der Waals surface area contributed by atoms with Crippen molar-refractivity contribution < 1.29 is 0 Å². The Labute approximate surface area is 165 Å². The zero-order chi connectivity index (χ0) is 19.0. The van der Waals surface area contributed by atoms with Gasteiger partial charge in [-0.05, 0) is 36.6 Å². The van der Waals surface area contributed by atoms with Gasteiger partial charge in [0.15, 0.2) is 11.6 Å². The highest BCUT2D eigenvalue weighted by Gasteiger charge is 2.45. The number of rotatable bonds is 3. The minimum Gasteiger partial charge on any atom is -0.355 e. The first kappa shape index (κ1) is 17.2. The molecule has 1 N–H and O–H groups in total. The molecule has 1 aliphatic heterocycles. The van der Waals surface area contributed by atoms with Gasteiger partial charge in [-0.15, -0.1) is 10.2 Å². The van der Waals surface area contributed by atoms with Crippen LogP contribution in [0.25, 0.3) is 5.65 Å². The summed E-state index contributed by atoms with van der Waals surface area (Å²) < 4.78 is 2.04. The Balaban J connectivity index is 1.33. The molecule has 1 saturated carbocycles. The van der Waals surface area contributed by atoms with Crippen LogP contribution in [0.3, 0.4) is 0 Å². The summed E-state index contributed by atoms with van der Waals surface area (Å²) in [6, 6.07) is 14.8. The normalized spacial score (nSPS) is 18.2. The molecular formula is C22H26N6. The van der Waals surface area contributed by atoms with Crippen LogP contribution in [-0.2, 0) is 11.8 Å². The number of hydrogen-bond donors (Lipinski definition) is 1. The maximum absolute atomic E-state index is 4.59. The molecule has 0 unspecified atom stereocenters. The summed E-state index contributed by atoms with van der Waals surface area (Å²) in [5, 5.41) is 12.1. The largest absolute Gasteiger partial charge is 0.355 e. The summed E-state index contributed by atoms with van der Waals surface area (Å²) >= 11 is 0. The second kappa shape index (κ2) is 6.93. The van der Waals surface area contributed by atoms with Gasteiger partial charge in [0.25, 0.3) is 0 Å². The highest BCUT2D eigenvalue weighted by molar-refractivity contribution is 5.98. The number of nitrogens with zero attached hydrogens (tertiary/aromatic N) is 5. The monoisotopic (exact) mass is 374 g/mol. The summed E-state index contributed by atoms with van der Waals surface area (Å²) in [5.41, 5.74) is 4.00. The molecule has 3 heterocycles. The molecule has 0 bridgehead atoms. The lowest BCUT2D eigenvalue weighted by Crippen LogP contribution is -2.44. The summed E-state index contributed by atoms with van der Waals surface area (Å²) in [5.74, 6) is 1.91. The number of nitrogens with one attached hydrogen (secondary N) is 1. The van der Waals surface area contributed by atoms with E-state index < -0.39 is 0 Å². The van der Waals surface area contributed by atoms with E-state index in [2.05, 4.69) is 49.7 Å². The van der Waals surface area contributed by atoms with Gasteiger partial charge in [0.2, 0.25) is 0 Å².